The van der Waals surface area contributed by atoms with Crippen LogP contribution in [0.2, 0.25) is 0 Å². The predicted molar refractivity (Wildman–Crippen MR) is 71.2 cm³/mol. The van der Waals surface area contributed by atoms with Crippen molar-refractivity contribution in [2.24, 2.45) is 5.73 Å². The first-order valence-corrected chi connectivity index (χ1v) is 5.62. The van der Waals surface area contributed by atoms with Gasteiger partial charge in [-0.1, -0.05) is 12.1 Å². The molecule has 0 saturated heterocycles. The molecule has 0 amide bonds. The molecule has 2 rings (SSSR count). The van der Waals surface area contributed by atoms with Crippen molar-refractivity contribution in [3.63, 3.8) is 0 Å². The molecular weight excluding hydrogens is 226 g/mol. The molecule has 0 saturated carbocycles. The molecule has 0 radical (unpaired) electrons. The number of nitrogens with zero attached hydrogens (tertiary/aromatic N) is 1. The van der Waals surface area contributed by atoms with E-state index in [1.54, 1.807) is 12.3 Å². The summed E-state index contributed by atoms with van der Waals surface area (Å²) < 4.78 is 5.70. The van der Waals surface area contributed by atoms with Crippen molar-refractivity contribution in [1.29, 1.82) is 5.41 Å². The van der Waals surface area contributed by atoms with E-state index in [0.717, 1.165) is 11.1 Å². The summed E-state index contributed by atoms with van der Waals surface area (Å²) in [6.07, 6.45) is 1.65. The third-order valence-corrected chi connectivity index (χ3v) is 2.60. The van der Waals surface area contributed by atoms with Gasteiger partial charge in [0.15, 0.2) is 0 Å². The van der Waals surface area contributed by atoms with Crippen LogP contribution in [0.5, 0.6) is 11.6 Å². The standard InChI is InChI=1S/C14H15N3O/c1-9-4-3-5-11(8-9)18-14-12(13(15)16)10(2)6-7-17-14/h3-8H,1-2H3,(H3,15,16). The van der Waals surface area contributed by atoms with E-state index in [1.165, 1.54) is 0 Å². The van der Waals surface area contributed by atoms with Crippen molar-refractivity contribution >= 4 is 5.84 Å². The topological polar surface area (TPSA) is 72.0 Å². The van der Waals surface area contributed by atoms with Crippen molar-refractivity contribution in [2.75, 3.05) is 0 Å². The third kappa shape index (κ3) is 2.48. The average Bonchev–Trinajstić information content (AvgIpc) is 2.28. The molecule has 0 unspecified atom stereocenters. The molecule has 1 aromatic carbocycles. The predicted octanol–water partition coefficient (Wildman–Crippen LogP) is 2.77. The quantitative estimate of drug-likeness (QED) is 0.641. The molecule has 0 aliphatic heterocycles. The van der Waals surface area contributed by atoms with Gasteiger partial charge in [0.05, 0.1) is 5.56 Å². The van der Waals surface area contributed by atoms with E-state index in [9.17, 15) is 0 Å². The van der Waals surface area contributed by atoms with Crippen molar-refractivity contribution in [3.8, 4) is 11.6 Å². The van der Waals surface area contributed by atoms with Crippen LogP contribution in [-0.2, 0) is 0 Å². The van der Waals surface area contributed by atoms with Crippen LogP contribution >= 0.6 is 0 Å². The fourth-order valence-electron chi connectivity index (χ4n) is 1.73. The Morgan fingerprint density at radius 3 is 2.72 bits per heavy atom. The van der Waals surface area contributed by atoms with E-state index >= 15 is 0 Å². The van der Waals surface area contributed by atoms with E-state index in [0.29, 0.717) is 17.2 Å². The van der Waals surface area contributed by atoms with Gasteiger partial charge >= 0.3 is 0 Å². The highest BCUT2D eigenvalue weighted by molar-refractivity contribution is 5.98. The van der Waals surface area contributed by atoms with Gasteiger partial charge in [0.25, 0.3) is 0 Å². The van der Waals surface area contributed by atoms with Crippen LogP contribution in [0.1, 0.15) is 16.7 Å². The molecule has 0 atom stereocenters. The average molecular weight is 241 g/mol. The number of hydrogen-bond donors (Lipinski definition) is 2. The monoisotopic (exact) mass is 241 g/mol. The number of nitrogen functional groups attached to an aromatic ring is 1. The summed E-state index contributed by atoms with van der Waals surface area (Å²) >= 11 is 0. The van der Waals surface area contributed by atoms with E-state index in [1.807, 2.05) is 38.1 Å². The van der Waals surface area contributed by atoms with Crippen molar-refractivity contribution < 1.29 is 4.74 Å². The molecule has 3 N–H and O–H groups in total. The number of aryl methyl sites for hydroxylation is 2. The maximum atomic E-state index is 7.58. The Balaban J connectivity index is 2.40. The Hall–Kier alpha value is -2.36. The Labute approximate surface area is 106 Å². The van der Waals surface area contributed by atoms with E-state index in [4.69, 9.17) is 15.9 Å². The zero-order valence-corrected chi connectivity index (χ0v) is 10.4. The van der Waals surface area contributed by atoms with Crippen LogP contribution in [0.25, 0.3) is 0 Å². The first kappa shape index (κ1) is 12.1. The Morgan fingerprint density at radius 1 is 1.28 bits per heavy atom. The van der Waals surface area contributed by atoms with Gasteiger partial charge in [-0.25, -0.2) is 4.98 Å². The molecule has 0 spiro atoms. The highest BCUT2D eigenvalue weighted by Crippen LogP contribution is 2.25. The molecule has 4 nitrogen and oxygen atoms in total. The maximum Gasteiger partial charge on any atom is 0.230 e. The number of nitrogens with two attached hydrogens (primary N) is 1. The molecule has 1 aromatic heterocycles. The second-order valence-electron chi connectivity index (χ2n) is 4.14. The Kier molecular flexibility index (Phi) is 3.28. The third-order valence-electron chi connectivity index (χ3n) is 2.60. The molecule has 92 valence electrons. The van der Waals surface area contributed by atoms with Gasteiger partial charge in [-0.15, -0.1) is 0 Å². The van der Waals surface area contributed by atoms with Gasteiger partial charge in [0.2, 0.25) is 5.88 Å². The molecule has 0 aliphatic carbocycles. The summed E-state index contributed by atoms with van der Waals surface area (Å²) in [5.74, 6) is 1.02. The molecule has 2 aromatic rings. The molecule has 1 heterocycles. The number of aromatic nitrogens is 1. The van der Waals surface area contributed by atoms with Crippen molar-refractivity contribution in [1.82, 2.24) is 4.98 Å². The highest BCUT2D eigenvalue weighted by atomic mass is 16.5. The van der Waals surface area contributed by atoms with Crippen molar-refractivity contribution in [3.05, 3.63) is 53.2 Å². The fraction of sp³-hybridized carbons (Fsp3) is 0.143. The van der Waals surface area contributed by atoms with E-state index < -0.39 is 0 Å². The smallest absolute Gasteiger partial charge is 0.230 e. The largest absolute Gasteiger partial charge is 0.438 e. The van der Waals surface area contributed by atoms with Crippen LogP contribution in [0.15, 0.2) is 36.5 Å². The zero-order valence-electron chi connectivity index (χ0n) is 10.4. The van der Waals surface area contributed by atoms with Gasteiger partial charge in [-0.05, 0) is 43.2 Å². The molecule has 4 heteroatoms. The first-order chi connectivity index (χ1) is 8.58. The number of pyridine rings is 1. The molecular formula is C14H15N3O. The summed E-state index contributed by atoms with van der Waals surface area (Å²) in [4.78, 5) is 4.14. The van der Waals surface area contributed by atoms with Crippen LogP contribution in [-0.4, -0.2) is 10.8 Å². The summed E-state index contributed by atoms with van der Waals surface area (Å²) in [5, 5.41) is 7.58. The molecule has 0 aliphatic rings. The zero-order chi connectivity index (χ0) is 13.1. The minimum absolute atomic E-state index is 0.0387. The summed E-state index contributed by atoms with van der Waals surface area (Å²) in [6.45, 7) is 3.87. The summed E-state index contributed by atoms with van der Waals surface area (Å²) in [6, 6.07) is 9.46. The lowest BCUT2D eigenvalue weighted by molar-refractivity contribution is 0.461. The number of benzene rings is 1. The van der Waals surface area contributed by atoms with Crippen LogP contribution in [0.4, 0.5) is 0 Å². The fourth-order valence-corrected chi connectivity index (χ4v) is 1.73. The molecule has 0 fully saturated rings. The van der Waals surface area contributed by atoms with Crippen molar-refractivity contribution in [2.45, 2.75) is 13.8 Å². The lowest BCUT2D eigenvalue weighted by Gasteiger charge is -2.11. The summed E-state index contributed by atoms with van der Waals surface area (Å²) in [5.41, 5.74) is 8.08. The maximum absolute atomic E-state index is 7.58. The molecule has 0 bridgehead atoms. The lowest BCUT2D eigenvalue weighted by Crippen LogP contribution is -2.14. The SMILES string of the molecule is Cc1cccc(Oc2nccc(C)c2C(=N)N)c1. The van der Waals surface area contributed by atoms with Gasteiger partial charge < -0.3 is 10.5 Å². The number of hydrogen-bond acceptors (Lipinski definition) is 3. The van der Waals surface area contributed by atoms with Gasteiger partial charge in [-0.2, -0.15) is 0 Å². The van der Waals surface area contributed by atoms with Gasteiger partial charge in [0.1, 0.15) is 11.6 Å². The van der Waals surface area contributed by atoms with Gasteiger partial charge in [0, 0.05) is 6.20 Å². The van der Waals surface area contributed by atoms with Crippen LogP contribution in [0, 0.1) is 19.3 Å². The number of rotatable bonds is 3. The lowest BCUT2D eigenvalue weighted by atomic mass is 10.1. The van der Waals surface area contributed by atoms with Crippen LogP contribution < -0.4 is 10.5 Å². The minimum Gasteiger partial charge on any atom is -0.438 e. The van der Waals surface area contributed by atoms with E-state index in [2.05, 4.69) is 4.98 Å². The Bertz CT molecular complexity index is 593. The second-order valence-corrected chi connectivity index (χ2v) is 4.14. The number of nitrogens with one attached hydrogen (secondary N) is 1. The second kappa shape index (κ2) is 4.87. The molecule has 18 heavy (non-hydrogen) atoms. The number of ether oxygens (including phenoxy) is 1. The van der Waals surface area contributed by atoms with E-state index in [-0.39, 0.29) is 5.84 Å². The first-order valence-electron chi connectivity index (χ1n) is 5.62. The highest BCUT2D eigenvalue weighted by Gasteiger charge is 2.12. The number of amidine groups is 1. The normalized spacial score (nSPS) is 10.1. The Morgan fingerprint density at radius 2 is 2.06 bits per heavy atom. The minimum atomic E-state index is -0.0387. The summed E-state index contributed by atoms with van der Waals surface area (Å²) in [7, 11) is 0. The van der Waals surface area contributed by atoms with Gasteiger partial charge in [-0.3, -0.25) is 5.41 Å². The van der Waals surface area contributed by atoms with Crippen LogP contribution in [0.3, 0.4) is 0 Å².